The highest BCUT2D eigenvalue weighted by molar-refractivity contribution is 7.80. The molecule has 1 aromatic carbocycles. The van der Waals surface area contributed by atoms with Crippen LogP contribution in [-0.4, -0.2) is 17.4 Å². The third kappa shape index (κ3) is 4.52. The third-order valence-electron chi connectivity index (χ3n) is 3.26. The SMILES string of the molecule is Fc1ccc(/C=N\NC(=S)NC2CCCCC2)cc1F. The van der Waals surface area contributed by atoms with Gasteiger partial charge in [0.05, 0.1) is 6.21 Å². The van der Waals surface area contributed by atoms with Crippen LogP contribution in [0.15, 0.2) is 23.3 Å². The number of nitrogens with zero attached hydrogens (tertiary/aromatic N) is 1. The molecule has 1 aromatic rings. The second-order valence-electron chi connectivity index (χ2n) is 4.85. The van der Waals surface area contributed by atoms with Gasteiger partial charge in [-0.2, -0.15) is 5.10 Å². The van der Waals surface area contributed by atoms with Crippen LogP contribution in [0.1, 0.15) is 37.7 Å². The molecule has 0 amide bonds. The average Bonchev–Trinajstić information content (AvgIpc) is 2.44. The number of hydrogen-bond donors (Lipinski definition) is 2. The summed E-state index contributed by atoms with van der Waals surface area (Å²) in [5.41, 5.74) is 3.16. The van der Waals surface area contributed by atoms with Crippen LogP contribution in [0.3, 0.4) is 0 Å². The Labute approximate surface area is 122 Å². The lowest BCUT2D eigenvalue weighted by Crippen LogP contribution is -2.40. The minimum atomic E-state index is -0.892. The first-order valence-electron chi connectivity index (χ1n) is 6.70. The molecule has 0 radical (unpaired) electrons. The van der Waals surface area contributed by atoms with E-state index in [4.69, 9.17) is 12.2 Å². The van der Waals surface area contributed by atoms with Crippen LogP contribution >= 0.6 is 12.2 Å². The fourth-order valence-corrected chi connectivity index (χ4v) is 2.44. The molecule has 0 aromatic heterocycles. The van der Waals surface area contributed by atoms with E-state index in [1.807, 2.05) is 0 Å². The molecule has 1 fully saturated rings. The minimum absolute atomic E-state index is 0.405. The highest BCUT2D eigenvalue weighted by Crippen LogP contribution is 2.17. The van der Waals surface area contributed by atoms with Crippen molar-refractivity contribution >= 4 is 23.5 Å². The van der Waals surface area contributed by atoms with Gasteiger partial charge < -0.3 is 5.32 Å². The Kier molecular flexibility index (Phi) is 5.40. The van der Waals surface area contributed by atoms with Gasteiger partial charge in [0.2, 0.25) is 0 Å². The van der Waals surface area contributed by atoms with Gasteiger partial charge in [-0.1, -0.05) is 25.3 Å². The van der Waals surface area contributed by atoms with E-state index in [0.717, 1.165) is 25.0 Å². The maximum Gasteiger partial charge on any atom is 0.187 e. The van der Waals surface area contributed by atoms with E-state index in [9.17, 15) is 8.78 Å². The van der Waals surface area contributed by atoms with Crippen molar-refractivity contribution < 1.29 is 8.78 Å². The van der Waals surface area contributed by atoms with Gasteiger partial charge in [0, 0.05) is 6.04 Å². The van der Waals surface area contributed by atoms with Crippen molar-refractivity contribution in [1.82, 2.24) is 10.7 Å². The van der Waals surface area contributed by atoms with E-state index < -0.39 is 11.6 Å². The molecule has 0 heterocycles. The summed E-state index contributed by atoms with van der Waals surface area (Å²) in [7, 11) is 0. The summed E-state index contributed by atoms with van der Waals surface area (Å²) >= 11 is 5.13. The Balaban J connectivity index is 1.79. The van der Waals surface area contributed by atoms with Crippen LogP contribution in [0.4, 0.5) is 8.78 Å². The Morgan fingerprint density at radius 3 is 2.65 bits per heavy atom. The molecule has 1 saturated carbocycles. The molecule has 20 heavy (non-hydrogen) atoms. The van der Waals surface area contributed by atoms with Crippen molar-refractivity contribution in [3.05, 3.63) is 35.4 Å². The van der Waals surface area contributed by atoms with Crippen LogP contribution < -0.4 is 10.7 Å². The second-order valence-corrected chi connectivity index (χ2v) is 5.26. The zero-order valence-corrected chi connectivity index (χ0v) is 11.9. The topological polar surface area (TPSA) is 36.4 Å². The molecular weight excluding hydrogens is 280 g/mol. The van der Waals surface area contributed by atoms with E-state index >= 15 is 0 Å². The average molecular weight is 297 g/mol. The molecule has 0 atom stereocenters. The number of benzene rings is 1. The van der Waals surface area contributed by atoms with Gasteiger partial charge in [0.25, 0.3) is 0 Å². The number of nitrogens with one attached hydrogen (secondary N) is 2. The summed E-state index contributed by atoms with van der Waals surface area (Å²) in [6, 6.07) is 4.00. The minimum Gasteiger partial charge on any atom is -0.359 e. The Bertz CT molecular complexity index is 499. The summed E-state index contributed by atoms with van der Waals surface area (Å²) in [4.78, 5) is 0. The van der Waals surface area contributed by atoms with Gasteiger partial charge in [-0.15, -0.1) is 0 Å². The lowest BCUT2D eigenvalue weighted by atomic mass is 9.96. The molecule has 0 spiro atoms. The second kappa shape index (κ2) is 7.28. The first-order valence-corrected chi connectivity index (χ1v) is 7.10. The molecule has 6 heteroatoms. The molecule has 0 bridgehead atoms. The number of thiocarbonyl (C=S) groups is 1. The Morgan fingerprint density at radius 2 is 1.95 bits per heavy atom. The summed E-state index contributed by atoms with van der Waals surface area (Å²) in [6.07, 6.45) is 7.37. The monoisotopic (exact) mass is 297 g/mol. The van der Waals surface area contributed by atoms with E-state index in [1.165, 1.54) is 31.5 Å². The van der Waals surface area contributed by atoms with Crippen molar-refractivity contribution in [2.24, 2.45) is 5.10 Å². The molecule has 1 aliphatic rings. The van der Waals surface area contributed by atoms with E-state index in [0.29, 0.717) is 16.7 Å². The molecule has 2 N–H and O–H groups in total. The summed E-state index contributed by atoms with van der Waals surface area (Å²) < 4.78 is 25.7. The van der Waals surface area contributed by atoms with Gasteiger partial charge in [-0.25, -0.2) is 8.78 Å². The van der Waals surface area contributed by atoms with Crippen LogP contribution in [0.25, 0.3) is 0 Å². The van der Waals surface area contributed by atoms with E-state index in [-0.39, 0.29) is 0 Å². The third-order valence-corrected chi connectivity index (χ3v) is 3.47. The van der Waals surface area contributed by atoms with Gasteiger partial charge in [0.15, 0.2) is 16.7 Å². The van der Waals surface area contributed by atoms with E-state index in [2.05, 4.69) is 15.8 Å². The summed E-state index contributed by atoms with van der Waals surface area (Å²) in [6.45, 7) is 0. The first-order chi connectivity index (χ1) is 9.65. The maximum absolute atomic E-state index is 13.0. The zero-order chi connectivity index (χ0) is 14.4. The predicted molar refractivity (Wildman–Crippen MR) is 79.7 cm³/mol. The summed E-state index contributed by atoms with van der Waals surface area (Å²) in [5, 5.41) is 7.56. The van der Waals surface area contributed by atoms with Crippen molar-refractivity contribution in [3.63, 3.8) is 0 Å². The number of hydrogen-bond acceptors (Lipinski definition) is 2. The Morgan fingerprint density at radius 1 is 1.20 bits per heavy atom. The van der Waals surface area contributed by atoms with Crippen LogP contribution in [0.5, 0.6) is 0 Å². The van der Waals surface area contributed by atoms with Crippen LogP contribution in [-0.2, 0) is 0 Å². The van der Waals surface area contributed by atoms with Crippen LogP contribution in [0, 0.1) is 11.6 Å². The lowest BCUT2D eigenvalue weighted by Gasteiger charge is -2.23. The molecule has 1 aliphatic carbocycles. The standard InChI is InChI=1S/C14H17F2N3S/c15-12-7-6-10(8-13(12)16)9-17-19-14(20)18-11-4-2-1-3-5-11/h6-9,11H,1-5H2,(H2,18,19,20)/b17-9-. The lowest BCUT2D eigenvalue weighted by molar-refractivity contribution is 0.412. The van der Waals surface area contributed by atoms with E-state index in [1.54, 1.807) is 0 Å². The maximum atomic E-state index is 13.0. The molecule has 2 rings (SSSR count). The largest absolute Gasteiger partial charge is 0.359 e. The van der Waals surface area contributed by atoms with Crippen LogP contribution in [0.2, 0.25) is 0 Å². The molecule has 0 unspecified atom stereocenters. The highest BCUT2D eigenvalue weighted by atomic mass is 32.1. The normalized spacial score (nSPS) is 16.3. The number of rotatable bonds is 3. The highest BCUT2D eigenvalue weighted by Gasteiger charge is 2.13. The quantitative estimate of drug-likeness (QED) is 0.511. The predicted octanol–water partition coefficient (Wildman–Crippen LogP) is 3.10. The van der Waals surface area contributed by atoms with Gasteiger partial charge in [-0.05, 0) is 42.8 Å². The smallest absolute Gasteiger partial charge is 0.187 e. The van der Waals surface area contributed by atoms with Gasteiger partial charge in [0.1, 0.15) is 0 Å². The Hall–Kier alpha value is -1.56. The molecule has 0 aliphatic heterocycles. The zero-order valence-electron chi connectivity index (χ0n) is 11.0. The molecule has 108 valence electrons. The fourth-order valence-electron chi connectivity index (χ4n) is 2.22. The van der Waals surface area contributed by atoms with Gasteiger partial charge >= 0.3 is 0 Å². The molecular formula is C14H17F2N3S. The number of halogens is 2. The van der Waals surface area contributed by atoms with Crippen molar-refractivity contribution in [2.45, 2.75) is 38.1 Å². The first kappa shape index (κ1) is 14.8. The molecule has 3 nitrogen and oxygen atoms in total. The molecule has 0 saturated heterocycles. The van der Waals surface area contributed by atoms with Gasteiger partial charge in [-0.3, -0.25) is 5.43 Å². The van der Waals surface area contributed by atoms with Crippen molar-refractivity contribution in [3.8, 4) is 0 Å². The fraction of sp³-hybridized carbons (Fsp3) is 0.429. The number of hydrazone groups is 1. The summed E-state index contributed by atoms with van der Waals surface area (Å²) in [5.74, 6) is -1.76. The van der Waals surface area contributed by atoms with Crippen molar-refractivity contribution in [2.75, 3.05) is 0 Å². The van der Waals surface area contributed by atoms with Crippen molar-refractivity contribution in [1.29, 1.82) is 0 Å².